The molecule has 1 aromatic heterocycles. The lowest BCUT2D eigenvalue weighted by atomic mass is 10.1. The van der Waals surface area contributed by atoms with Crippen LogP contribution in [0.4, 0.5) is 0 Å². The zero-order valence-electron chi connectivity index (χ0n) is 14.1. The van der Waals surface area contributed by atoms with Crippen molar-refractivity contribution in [1.82, 2.24) is 14.9 Å². The van der Waals surface area contributed by atoms with Gasteiger partial charge in [0.05, 0.1) is 24.4 Å². The van der Waals surface area contributed by atoms with Crippen molar-refractivity contribution in [1.29, 1.82) is 5.26 Å². The van der Waals surface area contributed by atoms with Gasteiger partial charge in [0.1, 0.15) is 24.8 Å². The number of nitrogens with zero attached hydrogens (tertiary/aromatic N) is 4. The van der Waals surface area contributed by atoms with Crippen LogP contribution in [0.15, 0.2) is 30.6 Å². The van der Waals surface area contributed by atoms with Crippen LogP contribution in [0.5, 0.6) is 11.6 Å². The summed E-state index contributed by atoms with van der Waals surface area (Å²) in [5.41, 5.74) is 2.57. The van der Waals surface area contributed by atoms with Crippen molar-refractivity contribution in [2.45, 2.75) is 19.1 Å². The summed E-state index contributed by atoms with van der Waals surface area (Å²) in [4.78, 5) is 10.6. The van der Waals surface area contributed by atoms with Crippen LogP contribution in [0.1, 0.15) is 16.8 Å². The Labute approximate surface area is 146 Å². The van der Waals surface area contributed by atoms with Crippen LogP contribution < -0.4 is 9.47 Å². The molecule has 0 fully saturated rings. The van der Waals surface area contributed by atoms with Gasteiger partial charge in [-0.15, -0.1) is 0 Å². The summed E-state index contributed by atoms with van der Waals surface area (Å²) >= 11 is 0. The molecule has 2 aromatic rings. The van der Waals surface area contributed by atoms with Crippen LogP contribution in [0.2, 0.25) is 0 Å². The maximum absolute atomic E-state index is 10.3. The molecule has 3 rings (SSSR count). The number of fused-ring (bicyclic) bond motifs is 1. The molecule has 1 aliphatic rings. The molecule has 0 aliphatic carbocycles. The fourth-order valence-electron chi connectivity index (χ4n) is 2.87. The summed E-state index contributed by atoms with van der Waals surface area (Å²) in [7, 11) is 1.60. The number of hydrogen-bond acceptors (Lipinski definition) is 7. The van der Waals surface area contributed by atoms with E-state index in [9.17, 15) is 5.11 Å². The number of aromatic nitrogens is 2. The average Bonchev–Trinajstić information content (AvgIpc) is 2.66. The number of nitriles is 1. The molecule has 7 heteroatoms. The van der Waals surface area contributed by atoms with Crippen LogP contribution in [0.25, 0.3) is 0 Å². The van der Waals surface area contributed by atoms with Gasteiger partial charge in [0.25, 0.3) is 0 Å². The average molecular weight is 340 g/mol. The summed E-state index contributed by atoms with van der Waals surface area (Å²) in [5, 5.41) is 19.0. The van der Waals surface area contributed by atoms with Crippen molar-refractivity contribution in [3.63, 3.8) is 0 Å². The number of aliphatic hydroxyl groups excluding tert-OH is 1. The second-order valence-corrected chi connectivity index (χ2v) is 5.89. The molecule has 0 spiro atoms. The molecule has 7 nitrogen and oxygen atoms in total. The predicted octanol–water partition coefficient (Wildman–Crippen LogP) is 1.15. The van der Waals surface area contributed by atoms with Crippen LogP contribution >= 0.6 is 0 Å². The highest BCUT2D eigenvalue weighted by atomic mass is 16.5. The molecule has 0 saturated carbocycles. The zero-order chi connectivity index (χ0) is 17.6. The first-order chi connectivity index (χ1) is 12.2. The lowest BCUT2D eigenvalue weighted by Gasteiger charge is -2.30. The maximum Gasteiger partial charge on any atom is 0.220 e. The van der Waals surface area contributed by atoms with E-state index < -0.39 is 6.10 Å². The molecular weight excluding hydrogens is 320 g/mol. The molecule has 1 atom stereocenters. The third kappa shape index (κ3) is 4.24. The van der Waals surface area contributed by atoms with Gasteiger partial charge < -0.3 is 14.6 Å². The molecule has 1 aromatic carbocycles. The van der Waals surface area contributed by atoms with E-state index in [1.165, 1.54) is 6.33 Å². The quantitative estimate of drug-likeness (QED) is 0.843. The summed E-state index contributed by atoms with van der Waals surface area (Å²) in [6.45, 7) is 2.15. The van der Waals surface area contributed by atoms with Crippen LogP contribution in [-0.2, 0) is 13.0 Å². The van der Waals surface area contributed by atoms with Crippen molar-refractivity contribution >= 4 is 0 Å². The van der Waals surface area contributed by atoms with E-state index in [4.69, 9.17) is 14.7 Å². The first-order valence-electron chi connectivity index (χ1n) is 8.09. The van der Waals surface area contributed by atoms with Crippen LogP contribution in [0.3, 0.4) is 0 Å². The first-order valence-corrected chi connectivity index (χ1v) is 8.09. The smallest absolute Gasteiger partial charge is 0.220 e. The molecule has 130 valence electrons. The highest BCUT2D eigenvalue weighted by molar-refractivity contribution is 5.34. The van der Waals surface area contributed by atoms with Gasteiger partial charge in [-0.3, -0.25) is 4.90 Å². The summed E-state index contributed by atoms with van der Waals surface area (Å²) in [6, 6.07) is 8.89. The Hall–Kier alpha value is -2.69. The van der Waals surface area contributed by atoms with E-state index in [1.807, 2.05) is 0 Å². The topological polar surface area (TPSA) is 91.5 Å². The molecule has 0 bridgehead atoms. The molecule has 1 N–H and O–H groups in total. The van der Waals surface area contributed by atoms with Gasteiger partial charge in [-0.05, 0) is 24.3 Å². The van der Waals surface area contributed by atoms with Crippen molar-refractivity contribution in [3.05, 3.63) is 47.4 Å². The monoisotopic (exact) mass is 340 g/mol. The molecule has 0 radical (unpaired) electrons. The van der Waals surface area contributed by atoms with Crippen molar-refractivity contribution in [3.8, 4) is 17.7 Å². The van der Waals surface area contributed by atoms with Gasteiger partial charge in [0.2, 0.25) is 5.88 Å². The lowest BCUT2D eigenvalue weighted by molar-refractivity contribution is 0.0630. The van der Waals surface area contributed by atoms with Crippen molar-refractivity contribution < 1.29 is 14.6 Å². The second kappa shape index (κ2) is 7.92. The molecule has 0 unspecified atom stereocenters. The minimum absolute atomic E-state index is 0.192. The molecular formula is C18H20N4O3. The zero-order valence-corrected chi connectivity index (χ0v) is 14.1. The summed E-state index contributed by atoms with van der Waals surface area (Å²) in [5.74, 6) is 1.23. The van der Waals surface area contributed by atoms with E-state index in [0.29, 0.717) is 30.3 Å². The van der Waals surface area contributed by atoms with Crippen LogP contribution in [-0.4, -0.2) is 52.9 Å². The summed E-state index contributed by atoms with van der Waals surface area (Å²) < 4.78 is 10.9. The van der Waals surface area contributed by atoms with E-state index >= 15 is 0 Å². The molecule has 25 heavy (non-hydrogen) atoms. The van der Waals surface area contributed by atoms with E-state index in [2.05, 4.69) is 20.9 Å². The lowest BCUT2D eigenvalue weighted by Crippen LogP contribution is -2.39. The Bertz CT molecular complexity index is 744. The van der Waals surface area contributed by atoms with Crippen molar-refractivity contribution in [2.75, 3.05) is 26.8 Å². The number of benzene rings is 1. The second-order valence-electron chi connectivity index (χ2n) is 5.89. The standard InChI is InChI=1S/C18H20N4O3/c1-24-18-16-10-22(7-6-17(16)20-12-21-18)9-14(23)11-25-15-4-2-13(8-19)3-5-15/h2-5,12,14,23H,6-7,9-11H2,1H3/t14-/m1/s1. The first kappa shape index (κ1) is 17.1. The number of aliphatic hydroxyl groups is 1. The van der Waals surface area contributed by atoms with E-state index in [0.717, 1.165) is 24.2 Å². The Morgan fingerprint density at radius 2 is 2.12 bits per heavy atom. The number of hydrogen-bond donors (Lipinski definition) is 1. The Morgan fingerprint density at radius 3 is 2.84 bits per heavy atom. The third-order valence-corrected chi connectivity index (χ3v) is 4.13. The Morgan fingerprint density at radius 1 is 1.32 bits per heavy atom. The third-order valence-electron chi connectivity index (χ3n) is 4.13. The van der Waals surface area contributed by atoms with Gasteiger partial charge in [0, 0.05) is 31.6 Å². The number of ether oxygens (including phenoxy) is 2. The van der Waals surface area contributed by atoms with E-state index in [-0.39, 0.29) is 6.61 Å². The Balaban J connectivity index is 1.53. The minimum atomic E-state index is -0.618. The number of methoxy groups -OCH3 is 1. The van der Waals surface area contributed by atoms with Crippen molar-refractivity contribution in [2.24, 2.45) is 0 Å². The summed E-state index contributed by atoms with van der Waals surface area (Å²) in [6.07, 6.45) is 1.71. The fourth-order valence-corrected chi connectivity index (χ4v) is 2.87. The van der Waals surface area contributed by atoms with Gasteiger partial charge in [-0.1, -0.05) is 0 Å². The molecule has 1 aliphatic heterocycles. The number of rotatable bonds is 6. The minimum Gasteiger partial charge on any atom is -0.491 e. The van der Waals surface area contributed by atoms with Gasteiger partial charge >= 0.3 is 0 Å². The van der Waals surface area contributed by atoms with Gasteiger partial charge in [-0.25, -0.2) is 9.97 Å². The normalized spacial score (nSPS) is 15.1. The Kier molecular flexibility index (Phi) is 5.43. The van der Waals surface area contributed by atoms with Gasteiger partial charge in [-0.2, -0.15) is 5.26 Å². The SMILES string of the molecule is COc1ncnc2c1CN(C[C@@H](O)COc1ccc(C#N)cc1)CC2. The highest BCUT2D eigenvalue weighted by Gasteiger charge is 2.23. The van der Waals surface area contributed by atoms with Crippen LogP contribution in [0, 0.1) is 11.3 Å². The molecule has 2 heterocycles. The highest BCUT2D eigenvalue weighted by Crippen LogP contribution is 2.24. The molecule has 0 saturated heterocycles. The largest absolute Gasteiger partial charge is 0.491 e. The van der Waals surface area contributed by atoms with Gasteiger partial charge in [0.15, 0.2) is 0 Å². The fraction of sp³-hybridized carbons (Fsp3) is 0.389. The van der Waals surface area contributed by atoms with E-state index in [1.54, 1.807) is 31.4 Å². The maximum atomic E-state index is 10.3. The predicted molar refractivity (Wildman–Crippen MR) is 90.2 cm³/mol. The molecule has 0 amide bonds. The number of β-amino-alcohol motifs (C(OH)–C–C–N with tert-alkyl or cyclic N) is 1.